The van der Waals surface area contributed by atoms with E-state index in [9.17, 15) is 4.39 Å². The molecule has 1 aromatic heterocycles. The number of hydrogen-bond donors (Lipinski definition) is 2. The summed E-state index contributed by atoms with van der Waals surface area (Å²) < 4.78 is 19.7. The van der Waals surface area contributed by atoms with Crippen molar-refractivity contribution in [2.75, 3.05) is 17.6 Å². The van der Waals surface area contributed by atoms with Crippen LogP contribution in [0.15, 0.2) is 28.7 Å². The third-order valence-electron chi connectivity index (χ3n) is 2.19. The fourth-order valence-electron chi connectivity index (χ4n) is 1.43. The van der Waals surface area contributed by atoms with Crippen molar-refractivity contribution >= 4 is 27.7 Å². The maximum Gasteiger partial charge on any atom is 0.226 e. The van der Waals surface area contributed by atoms with E-state index in [1.54, 1.807) is 12.1 Å². The van der Waals surface area contributed by atoms with Crippen LogP contribution in [0.1, 0.15) is 6.92 Å². The Kier molecular flexibility index (Phi) is 4.16. The number of nitrogens with two attached hydrogens (primary N) is 1. The Labute approximate surface area is 118 Å². The predicted octanol–water partition coefficient (Wildman–Crippen LogP) is 3.18. The molecule has 0 amide bonds. The summed E-state index contributed by atoms with van der Waals surface area (Å²) in [5.74, 6) is 0.352. The molecule has 3 N–H and O–H groups in total. The average Bonchev–Trinajstić information content (AvgIpc) is 2.33. The molecular formula is C12H12BrFN4O. The molecule has 0 aliphatic rings. The zero-order chi connectivity index (χ0) is 13.8. The van der Waals surface area contributed by atoms with E-state index in [4.69, 9.17) is 10.5 Å². The fourth-order valence-corrected chi connectivity index (χ4v) is 1.77. The van der Waals surface area contributed by atoms with Gasteiger partial charge >= 0.3 is 0 Å². The maximum atomic E-state index is 13.6. The third kappa shape index (κ3) is 3.54. The zero-order valence-corrected chi connectivity index (χ0v) is 11.7. The lowest BCUT2D eigenvalue weighted by Crippen LogP contribution is -2.04. The summed E-state index contributed by atoms with van der Waals surface area (Å²) in [4.78, 5) is 7.88. The molecule has 2 rings (SSSR count). The number of nitrogens with one attached hydrogen (secondary N) is 1. The minimum atomic E-state index is -0.481. The summed E-state index contributed by atoms with van der Waals surface area (Å²) in [7, 11) is 0. The Bertz CT molecular complexity index is 594. The number of nitrogens with zero attached hydrogens (tertiary/aromatic N) is 2. The highest BCUT2D eigenvalue weighted by Gasteiger charge is 2.08. The standard InChI is InChI=1S/C12H12BrFN4O/c1-2-16-10-6-11(18-12(15)17-10)19-9-5-7(13)3-4-8(9)14/h3-6H,2H2,1H3,(H3,15,16,17,18). The molecule has 0 atom stereocenters. The summed E-state index contributed by atoms with van der Waals surface area (Å²) in [5, 5.41) is 2.99. The summed E-state index contributed by atoms with van der Waals surface area (Å²) in [5.41, 5.74) is 5.57. The van der Waals surface area contributed by atoms with Crippen LogP contribution >= 0.6 is 15.9 Å². The van der Waals surface area contributed by atoms with Crippen molar-refractivity contribution < 1.29 is 9.13 Å². The number of ether oxygens (including phenoxy) is 1. The zero-order valence-electron chi connectivity index (χ0n) is 10.2. The first kappa shape index (κ1) is 13.5. The highest BCUT2D eigenvalue weighted by Crippen LogP contribution is 2.27. The number of hydrogen-bond acceptors (Lipinski definition) is 5. The number of benzene rings is 1. The van der Waals surface area contributed by atoms with Crippen molar-refractivity contribution in [3.05, 3.63) is 34.6 Å². The largest absolute Gasteiger partial charge is 0.436 e. The molecular weight excluding hydrogens is 315 g/mol. The first-order valence-corrected chi connectivity index (χ1v) is 6.39. The highest BCUT2D eigenvalue weighted by molar-refractivity contribution is 9.10. The van der Waals surface area contributed by atoms with Gasteiger partial charge in [0.2, 0.25) is 11.8 Å². The Morgan fingerprint density at radius 1 is 1.37 bits per heavy atom. The third-order valence-corrected chi connectivity index (χ3v) is 2.68. The molecule has 100 valence electrons. The maximum absolute atomic E-state index is 13.6. The van der Waals surface area contributed by atoms with Gasteiger partial charge in [-0.25, -0.2) is 4.39 Å². The molecule has 0 aliphatic carbocycles. The molecule has 2 aromatic rings. The van der Waals surface area contributed by atoms with Crippen LogP contribution in [-0.4, -0.2) is 16.5 Å². The lowest BCUT2D eigenvalue weighted by Gasteiger charge is -2.09. The van der Waals surface area contributed by atoms with Gasteiger partial charge in [0.25, 0.3) is 0 Å². The van der Waals surface area contributed by atoms with Crippen molar-refractivity contribution in [1.82, 2.24) is 9.97 Å². The van der Waals surface area contributed by atoms with Crippen LogP contribution in [0.5, 0.6) is 11.6 Å². The van der Waals surface area contributed by atoms with Crippen molar-refractivity contribution in [2.45, 2.75) is 6.92 Å². The summed E-state index contributed by atoms with van der Waals surface area (Å²) in [6.07, 6.45) is 0. The van der Waals surface area contributed by atoms with Gasteiger partial charge in [0.15, 0.2) is 11.6 Å². The van der Waals surface area contributed by atoms with Gasteiger partial charge in [-0.3, -0.25) is 0 Å². The van der Waals surface area contributed by atoms with Crippen molar-refractivity contribution in [2.24, 2.45) is 0 Å². The van der Waals surface area contributed by atoms with Gasteiger partial charge in [0.1, 0.15) is 5.82 Å². The molecule has 19 heavy (non-hydrogen) atoms. The minimum Gasteiger partial charge on any atom is -0.436 e. The second kappa shape index (κ2) is 5.83. The fraction of sp³-hybridized carbons (Fsp3) is 0.167. The van der Waals surface area contributed by atoms with Crippen LogP contribution in [-0.2, 0) is 0 Å². The smallest absolute Gasteiger partial charge is 0.226 e. The molecule has 0 radical (unpaired) electrons. The highest BCUT2D eigenvalue weighted by atomic mass is 79.9. The van der Waals surface area contributed by atoms with Gasteiger partial charge in [-0.05, 0) is 25.1 Å². The second-order valence-electron chi connectivity index (χ2n) is 3.66. The van der Waals surface area contributed by atoms with Crippen molar-refractivity contribution in [3.63, 3.8) is 0 Å². The SMILES string of the molecule is CCNc1cc(Oc2cc(Br)ccc2F)nc(N)n1. The van der Waals surface area contributed by atoms with Crippen LogP contribution < -0.4 is 15.8 Å². The number of anilines is 2. The average molecular weight is 327 g/mol. The molecule has 1 aromatic carbocycles. The summed E-state index contributed by atoms with van der Waals surface area (Å²) in [6, 6.07) is 5.95. The van der Waals surface area contributed by atoms with E-state index in [-0.39, 0.29) is 17.6 Å². The van der Waals surface area contributed by atoms with Gasteiger partial charge in [0.05, 0.1) is 0 Å². The summed E-state index contributed by atoms with van der Waals surface area (Å²) in [6.45, 7) is 2.61. The van der Waals surface area contributed by atoms with Gasteiger partial charge in [-0.2, -0.15) is 9.97 Å². The quantitative estimate of drug-likeness (QED) is 0.902. The van der Waals surface area contributed by atoms with Gasteiger partial charge < -0.3 is 15.8 Å². The van der Waals surface area contributed by atoms with Crippen LogP contribution in [0.25, 0.3) is 0 Å². The lowest BCUT2D eigenvalue weighted by atomic mass is 10.3. The van der Waals surface area contributed by atoms with E-state index in [0.29, 0.717) is 16.8 Å². The molecule has 0 fully saturated rings. The van der Waals surface area contributed by atoms with E-state index in [0.717, 1.165) is 0 Å². The molecule has 0 aliphatic heterocycles. The van der Waals surface area contributed by atoms with E-state index in [2.05, 4.69) is 31.2 Å². The van der Waals surface area contributed by atoms with Crippen LogP contribution in [0, 0.1) is 5.82 Å². The number of nitrogen functional groups attached to an aromatic ring is 1. The number of rotatable bonds is 4. The molecule has 0 spiro atoms. The Morgan fingerprint density at radius 2 is 2.16 bits per heavy atom. The Hall–Kier alpha value is -1.89. The molecule has 0 unspecified atom stereocenters. The number of halogens is 2. The van der Waals surface area contributed by atoms with E-state index in [1.807, 2.05) is 6.92 Å². The molecule has 0 saturated carbocycles. The van der Waals surface area contributed by atoms with Crippen LogP contribution in [0.2, 0.25) is 0 Å². The minimum absolute atomic E-state index is 0.0591. The van der Waals surface area contributed by atoms with Crippen molar-refractivity contribution in [3.8, 4) is 11.6 Å². The van der Waals surface area contributed by atoms with Crippen LogP contribution in [0.4, 0.5) is 16.2 Å². The van der Waals surface area contributed by atoms with E-state index in [1.165, 1.54) is 12.1 Å². The molecule has 0 saturated heterocycles. The second-order valence-corrected chi connectivity index (χ2v) is 4.57. The van der Waals surface area contributed by atoms with Gasteiger partial charge in [0, 0.05) is 17.1 Å². The van der Waals surface area contributed by atoms with Gasteiger partial charge in [-0.1, -0.05) is 15.9 Å². The Morgan fingerprint density at radius 3 is 2.89 bits per heavy atom. The molecule has 5 nitrogen and oxygen atoms in total. The van der Waals surface area contributed by atoms with Crippen molar-refractivity contribution in [1.29, 1.82) is 0 Å². The van der Waals surface area contributed by atoms with E-state index >= 15 is 0 Å². The van der Waals surface area contributed by atoms with Crippen LogP contribution in [0.3, 0.4) is 0 Å². The van der Waals surface area contributed by atoms with Gasteiger partial charge in [-0.15, -0.1) is 0 Å². The molecule has 1 heterocycles. The predicted molar refractivity (Wildman–Crippen MR) is 74.8 cm³/mol. The topological polar surface area (TPSA) is 73.1 Å². The first-order valence-electron chi connectivity index (χ1n) is 5.60. The normalized spacial score (nSPS) is 10.3. The van der Waals surface area contributed by atoms with E-state index < -0.39 is 5.82 Å². The molecule has 0 bridgehead atoms. The monoisotopic (exact) mass is 326 g/mol. The summed E-state index contributed by atoms with van der Waals surface area (Å²) >= 11 is 3.25. The molecule has 7 heteroatoms. The number of aromatic nitrogens is 2. The first-order chi connectivity index (χ1) is 9.08. The Balaban J connectivity index is 2.29. The lowest BCUT2D eigenvalue weighted by molar-refractivity contribution is 0.427.